The van der Waals surface area contributed by atoms with Crippen LogP contribution in [0, 0.1) is 5.41 Å². The monoisotopic (exact) mass is 334 g/mol. The van der Waals surface area contributed by atoms with Crippen molar-refractivity contribution in [1.82, 2.24) is 9.80 Å². The van der Waals surface area contributed by atoms with Gasteiger partial charge < -0.3 is 0 Å². The molecule has 0 saturated carbocycles. The van der Waals surface area contributed by atoms with Gasteiger partial charge in [0.25, 0.3) is 0 Å². The van der Waals surface area contributed by atoms with Gasteiger partial charge in [0.15, 0.2) is 0 Å². The number of nitrogens with zero attached hydrogens (tertiary/aromatic N) is 2. The van der Waals surface area contributed by atoms with Gasteiger partial charge in [0, 0.05) is 19.5 Å². The van der Waals surface area contributed by atoms with E-state index in [4.69, 9.17) is 24.4 Å². The van der Waals surface area contributed by atoms with Crippen LogP contribution in [0.3, 0.4) is 0 Å². The lowest BCUT2D eigenvalue weighted by atomic mass is 9.83. The predicted octanol–water partition coefficient (Wildman–Crippen LogP) is 1.73. The Bertz CT molecular complexity index is 449. The van der Waals surface area contributed by atoms with Crippen LogP contribution in [0.2, 0.25) is 0 Å². The van der Waals surface area contributed by atoms with E-state index >= 15 is 0 Å². The van der Waals surface area contributed by atoms with Gasteiger partial charge in [-0.2, -0.15) is 0 Å². The summed E-state index contributed by atoms with van der Waals surface area (Å²) in [5.74, 6) is -0.0669. The van der Waals surface area contributed by atoms with Crippen LogP contribution in [0.1, 0.15) is 13.8 Å². The molecule has 0 radical (unpaired) electrons. The molecule has 2 atom stereocenters. The second kappa shape index (κ2) is 4.98. The maximum Gasteiger partial charge on any atom is 0.241 e. The van der Waals surface area contributed by atoms with Gasteiger partial charge in [-0.05, 0) is 0 Å². The normalized spacial score (nSPS) is 28.8. The maximum atomic E-state index is 12.2. The summed E-state index contributed by atoms with van der Waals surface area (Å²) in [5.41, 5.74) is -0.507. The van der Waals surface area contributed by atoms with Crippen LogP contribution >= 0.6 is 48.0 Å². The summed E-state index contributed by atoms with van der Waals surface area (Å²) >= 11 is 13.0. The first kappa shape index (κ1) is 15.2. The Kier molecular flexibility index (Phi) is 3.99. The smallest absolute Gasteiger partial charge is 0.241 e. The average molecular weight is 335 g/mol. The molecule has 0 aromatic heterocycles. The third kappa shape index (κ3) is 2.32. The third-order valence-electron chi connectivity index (χ3n) is 3.45. The van der Waals surface area contributed by atoms with Crippen molar-refractivity contribution in [3.05, 3.63) is 0 Å². The first-order valence-corrected chi connectivity index (χ1v) is 8.22. The Balaban J connectivity index is 2.29. The molecule has 0 bridgehead atoms. The average Bonchev–Trinajstić information content (AvgIpc) is 2.75. The zero-order valence-electron chi connectivity index (χ0n) is 11.0. The molecule has 0 aromatic rings. The highest BCUT2D eigenvalue weighted by Gasteiger charge is 2.54. The minimum absolute atomic E-state index is 0.0335. The van der Waals surface area contributed by atoms with E-state index in [2.05, 4.69) is 0 Å². The molecule has 2 heterocycles. The van der Waals surface area contributed by atoms with Gasteiger partial charge in [-0.25, -0.2) is 0 Å². The van der Waals surface area contributed by atoms with E-state index in [0.717, 1.165) is 0 Å². The van der Waals surface area contributed by atoms with Crippen molar-refractivity contribution in [3.8, 4) is 0 Å². The van der Waals surface area contributed by atoms with Crippen molar-refractivity contribution >= 4 is 68.4 Å². The maximum absolute atomic E-state index is 12.2. The standard InChI is InChI=1S/C11H14N2O2S4/c1-11(2,5-7(14)12(3)9(16)18-5)6-8(15)13(4)10(17)19-6/h5-6H,1-4H3/t5-,6+. The summed E-state index contributed by atoms with van der Waals surface area (Å²) in [6, 6.07) is 0. The molecule has 0 spiro atoms. The highest BCUT2D eigenvalue weighted by molar-refractivity contribution is 8.25. The van der Waals surface area contributed by atoms with Gasteiger partial charge in [-0.1, -0.05) is 61.8 Å². The van der Waals surface area contributed by atoms with Crippen LogP contribution in [-0.2, 0) is 9.59 Å². The molecule has 2 amide bonds. The molecule has 2 saturated heterocycles. The molecule has 2 aliphatic heterocycles. The zero-order valence-corrected chi connectivity index (χ0v) is 14.3. The lowest BCUT2D eigenvalue weighted by molar-refractivity contribution is -0.129. The van der Waals surface area contributed by atoms with Crippen LogP contribution < -0.4 is 0 Å². The predicted molar refractivity (Wildman–Crippen MR) is 87.3 cm³/mol. The molecule has 2 rings (SSSR count). The number of hydrogen-bond acceptors (Lipinski definition) is 6. The van der Waals surface area contributed by atoms with E-state index in [1.807, 2.05) is 13.8 Å². The van der Waals surface area contributed by atoms with Crippen molar-refractivity contribution in [2.75, 3.05) is 14.1 Å². The molecular weight excluding hydrogens is 320 g/mol. The van der Waals surface area contributed by atoms with Gasteiger partial charge in [0.1, 0.15) is 8.64 Å². The van der Waals surface area contributed by atoms with Crippen molar-refractivity contribution in [3.63, 3.8) is 0 Å². The number of carbonyl (C=O) groups is 2. The Morgan fingerprint density at radius 3 is 1.47 bits per heavy atom. The molecule has 4 nitrogen and oxygen atoms in total. The van der Waals surface area contributed by atoms with Crippen molar-refractivity contribution < 1.29 is 9.59 Å². The molecule has 0 N–H and O–H groups in total. The fourth-order valence-electron chi connectivity index (χ4n) is 2.07. The van der Waals surface area contributed by atoms with E-state index in [1.165, 1.54) is 33.3 Å². The third-order valence-corrected chi connectivity index (χ3v) is 7.61. The molecule has 2 fully saturated rings. The van der Waals surface area contributed by atoms with Crippen molar-refractivity contribution in [2.24, 2.45) is 5.41 Å². The van der Waals surface area contributed by atoms with Crippen LogP contribution in [0.4, 0.5) is 0 Å². The van der Waals surface area contributed by atoms with Crippen molar-refractivity contribution in [1.29, 1.82) is 0 Å². The van der Waals surface area contributed by atoms with Gasteiger partial charge in [-0.3, -0.25) is 19.4 Å². The number of rotatable bonds is 2. The van der Waals surface area contributed by atoms with Gasteiger partial charge in [0.05, 0.1) is 10.5 Å². The molecule has 0 aliphatic carbocycles. The summed E-state index contributed by atoms with van der Waals surface area (Å²) in [4.78, 5) is 27.4. The lowest BCUT2D eigenvalue weighted by Crippen LogP contribution is -2.45. The minimum Gasteiger partial charge on any atom is -0.300 e. The van der Waals surface area contributed by atoms with Crippen LogP contribution in [-0.4, -0.2) is 54.9 Å². The van der Waals surface area contributed by atoms with E-state index < -0.39 is 5.41 Å². The topological polar surface area (TPSA) is 40.6 Å². The first-order chi connectivity index (χ1) is 8.67. The second-order valence-corrected chi connectivity index (χ2v) is 8.62. The number of carbonyl (C=O) groups excluding carboxylic acids is 2. The molecular formula is C11H14N2O2S4. The highest BCUT2D eigenvalue weighted by atomic mass is 32.2. The number of thioether (sulfide) groups is 2. The fourth-order valence-corrected chi connectivity index (χ4v) is 5.21. The Hall–Kier alpha value is -0.180. The molecule has 0 unspecified atom stereocenters. The van der Waals surface area contributed by atoms with Crippen LogP contribution in [0.25, 0.3) is 0 Å². The summed E-state index contributed by atoms with van der Waals surface area (Å²) in [5, 5.41) is -0.665. The number of hydrogen-bond donors (Lipinski definition) is 0. The minimum atomic E-state index is -0.507. The molecule has 2 aliphatic rings. The Labute approximate surface area is 131 Å². The van der Waals surface area contributed by atoms with Crippen LogP contribution in [0.5, 0.6) is 0 Å². The van der Waals surface area contributed by atoms with E-state index in [-0.39, 0.29) is 22.3 Å². The first-order valence-electron chi connectivity index (χ1n) is 5.64. The number of thiocarbonyl (C=S) groups is 2. The molecule has 104 valence electrons. The summed E-state index contributed by atoms with van der Waals surface area (Å²) in [6.07, 6.45) is 0. The molecule has 0 aromatic carbocycles. The summed E-state index contributed by atoms with van der Waals surface area (Å²) in [6.45, 7) is 3.86. The quantitative estimate of drug-likeness (QED) is 0.717. The fraction of sp³-hybridized carbons (Fsp3) is 0.636. The summed E-state index contributed by atoms with van der Waals surface area (Å²) < 4.78 is 1.13. The van der Waals surface area contributed by atoms with Crippen molar-refractivity contribution in [2.45, 2.75) is 24.3 Å². The SMILES string of the molecule is CN1C(=O)[C@H](C(C)(C)[C@H]2SC(=S)N(C)C2=O)SC1=S. The van der Waals surface area contributed by atoms with E-state index in [9.17, 15) is 9.59 Å². The van der Waals surface area contributed by atoms with Gasteiger partial charge >= 0.3 is 0 Å². The Morgan fingerprint density at radius 2 is 1.26 bits per heavy atom. The van der Waals surface area contributed by atoms with Gasteiger partial charge in [0.2, 0.25) is 11.8 Å². The molecule has 19 heavy (non-hydrogen) atoms. The van der Waals surface area contributed by atoms with Gasteiger partial charge in [-0.15, -0.1) is 0 Å². The number of amides is 2. The van der Waals surface area contributed by atoms with Crippen LogP contribution in [0.15, 0.2) is 0 Å². The highest BCUT2D eigenvalue weighted by Crippen LogP contribution is 2.47. The zero-order chi connectivity index (χ0) is 14.5. The largest absolute Gasteiger partial charge is 0.300 e. The Morgan fingerprint density at radius 1 is 0.947 bits per heavy atom. The molecule has 8 heteroatoms. The van der Waals surface area contributed by atoms with E-state index in [1.54, 1.807) is 14.1 Å². The second-order valence-electron chi connectivity index (χ2n) is 5.14. The lowest BCUT2D eigenvalue weighted by Gasteiger charge is -2.32. The van der Waals surface area contributed by atoms with E-state index in [0.29, 0.717) is 8.64 Å². The summed E-state index contributed by atoms with van der Waals surface area (Å²) in [7, 11) is 3.35.